The predicted molar refractivity (Wildman–Crippen MR) is 108 cm³/mol. The Bertz CT molecular complexity index is 584. The highest BCUT2D eigenvalue weighted by molar-refractivity contribution is 5.95. The highest BCUT2D eigenvalue weighted by Gasteiger charge is 2.27. The smallest absolute Gasteiger partial charge is 0.241 e. The van der Waals surface area contributed by atoms with Crippen LogP contribution >= 0.6 is 0 Å². The summed E-state index contributed by atoms with van der Waals surface area (Å²) < 4.78 is 4.99. The molecular formula is C21H33N3O3. The SMILES string of the molecule is COCCCNC(=O)C1CCN(CC(=O)N(c2ccccc2)C(C)C)CC1. The Morgan fingerprint density at radius 1 is 1.22 bits per heavy atom. The Balaban J connectivity index is 1.80. The van der Waals surface area contributed by atoms with Crippen molar-refractivity contribution >= 4 is 17.5 Å². The van der Waals surface area contributed by atoms with Gasteiger partial charge in [0.05, 0.1) is 6.54 Å². The van der Waals surface area contributed by atoms with E-state index in [4.69, 9.17) is 4.74 Å². The number of hydrogen-bond donors (Lipinski definition) is 1. The van der Waals surface area contributed by atoms with E-state index in [1.807, 2.05) is 49.1 Å². The van der Waals surface area contributed by atoms with Gasteiger partial charge in [0.15, 0.2) is 0 Å². The van der Waals surface area contributed by atoms with E-state index in [1.54, 1.807) is 7.11 Å². The first kappa shape index (κ1) is 21.4. The number of methoxy groups -OCH3 is 1. The molecule has 6 heteroatoms. The lowest BCUT2D eigenvalue weighted by molar-refractivity contribution is -0.126. The third-order valence-corrected chi connectivity index (χ3v) is 4.96. The van der Waals surface area contributed by atoms with Crippen molar-refractivity contribution in [2.24, 2.45) is 5.92 Å². The molecule has 1 aliphatic rings. The van der Waals surface area contributed by atoms with Gasteiger partial charge in [-0.2, -0.15) is 0 Å². The van der Waals surface area contributed by atoms with Crippen LogP contribution in [0.1, 0.15) is 33.1 Å². The largest absolute Gasteiger partial charge is 0.385 e. The fourth-order valence-corrected chi connectivity index (χ4v) is 3.51. The van der Waals surface area contributed by atoms with Gasteiger partial charge in [0.25, 0.3) is 0 Å². The average molecular weight is 376 g/mol. The number of nitrogens with one attached hydrogen (secondary N) is 1. The first-order chi connectivity index (χ1) is 13.0. The Hall–Kier alpha value is -1.92. The van der Waals surface area contributed by atoms with Crippen molar-refractivity contribution in [1.29, 1.82) is 0 Å². The monoisotopic (exact) mass is 375 g/mol. The van der Waals surface area contributed by atoms with Crippen molar-refractivity contribution in [1.82, 2.24) is 10.2 Å². The molecule has 0 spiro atoms. The molecule has 1 saturated heterocycles. The predicted octanol–water partition coefficient (Wildman–Crippen LogP) is 2.29. The molecule has 0 atom stereocenters. The van der Waals surface area contributed by atoms with Gasteiger partial charge in [-0.3, -0.25) is 14.5 Å². The normalized spacial score (nSPS) is 15.7. The van der Waals surface area contributed by atoms with E-state index < -0.39 is 0 Å². The maximum absolute atomic E-state index is 12.9. The minimum absolute atomic E-state index is 0.0502. The van der Waals surface area contributed by atoms with Crippen molar-refractivity contribution < 1.29 is 14.3 Å². The quantitative estimate of drug-likeness (QED) is 0.673. The lowest BCUT2D eigenvalue weighted by Crippen LogP contribution is -2.47. The number of likely N-dealkylation sites (tertiary alicyclic amines) is 1. The third kappa shape index (κ3) is 6.63. The van der Waals surface area contributed by atoms with Crippen LogP contribution in [-0.4, -0.2) is 62.7 Å². The van der Waals surface area contributed by atoms with Crippen molar-refractivity contribution in [2.45, 2.75) is 39.2 Å². The second-order valence-electron chi connectivity index (χ2n) is 7.38. The first-order valence-electron chi connectivity index (χ1n) is 9.89. The number of amides is 2. The van der Waals surface area contributed by atoms with E-state index in [-0.39, 0.29) is 23.8 Å². The maximum Gasteiger partial charge on any atom is 0.241 e. The van der Waals surface area contributed by atoms with Crippen LogP contribution in [0.4, 0.5) is 5.69 Å². The van der Waals surface area contributed by atoms with Gasteiger partial charge in [-0.15, -0.1) is 0 Å². The van der Waals surface area contributed by atoms with E-state index in [0.29, 0.717) is 19.7 Å². The fourth-order valence-electron chi connectivity index (χ4n) is 3.51. The summed E-state index contributed by atoms with van der Waals surface area (Å²) >= 11 is 0. The van der Waals surface area contributed by atoms with Gasteiger partial charge in [-0.05, 0) is 58.3 Å². The molecule has 150 valence electrons. The standard InChI is InChI=1S/C21H33N3O3/c1-17(2)24(19-8-5-4-6-9-19)20(25)16-23-13-10-18(11-14-23)21(26)22-12-7-15-27-3/h4-6,8-9,17-18H,7,10-16H2,1-3H3,(H,22,26). The van der Waals surface area contributed by atoms with Gasteiger partial charge in [0.2, 0.25) is 11.8 Å². The van der Waals surface area contributed by atoms with Crippen molar-refractivity contribution in [3.05, 3.63) is 30.3 Å². The lowest BCUT2D eigenvalue weighted by Gasteiger charge is -2.34. The summed E-state index contributed by atoms with van der Waals surface area (Å²) in [6, 6.07) is 9.91. The van der Waals surface area contributed by atoms with Crippen LogP contribution in [0, 0.1) is 5.92 Å². The highest BCUT2D eigenvalue weighted by Crippen LogP contribution is 2.20. The lowest BCUT2D eigenvalue weighted by atomic mass is 9.96. The molecule has 0 aliphatic carbocycles. The summed E-state index contributed by atoms with van der Waals surface area (Å²) in [6.45, 7) is 7.34. The van der Waals surface area contributed by atoms with Gasteiger partial charge in [0.1, 0.15) is 0 Å². The summed E-state index contributed by atoms with van der Waals surface area (Å²) in [5.41, 5.74) is 0.933. The molecular weight excluding hydrogens is 342 g/mol. The van der Waals surface area contributed by atoms with Gasteiger partial charge >= 0.3 is 0 Å². The molecule has 1 fully saturated rings. The molecule has 1 N–H and O–H groups in total. The van der Waals surface area contributed by atoms with E-state index >= 15 is 0 Å². The third-order valence-electron chi connectivity index (χ3n) is 4.96. The fraction of sp³-hybridized carbons (Fsp3) is 0.619. The number of piperidine rings is 1. The van der Waals surface area contributed by atoms with Crippen molar-refractivity contribution in [3.8, 4) is 0 Å². The van der Waals surface area contributed by atoms with Gasteiger partial charge < -0.3 is 15.0 Å². The van der Waals surface area contributed by atoms with E-state index in [0.717, 1.165) is 38.0 Å². The van der Waals surface area contributed by atoms with Gasteiger partial charge in [-0.25, -0.2) is 0 Å². The van der Waals surface area contributed by atoms with Crippen LogP contribution in [0.2, 0.25) is 0 Å². The zero-order valence-electron chi connectivity index (χ0n) is 16.8. The van der Waals surface area contributed by atoms with Crippen molar-refractivity contribution in [2.75, 3.05) is 44.8 Å². The number of carbonyl (C=O) groups is 2. The van der Waals surface area contributed by atoms with Crippen molar-refractivity contribution in [3.63, 3.8) is 0 Å². The minimum Gasteiger partial charge on any atom is -0.385 e. The zero-order valence-corrected chi connectivity index (χ0v) is 16.8. The highest BCUT2D eigenvalue weighted by atomic mass is 16.5. The maximum atomic E-state index is 12.9. The molecule has 2 amide bonds. The van der Waals surface area contributed by atoms with Crippen LogP contribution in [0.5, 0.6) is 0 Å². The number of hydrogen-bond acceptors (Lipinski definition) is 4. The van der Waals surface area contributed by atoms with Crippen LogP contribution in [-0.2, 0) is 14.3 Å². The molecule has 1 heterocycles. The zero-order chi connectivity index (χ0) is 19.6. The molecule has 0 radical (unpaired) electrons. The van der Waals surface area contributed by atoms with Crippen LogP contribution in [0.3, 0.4) is 0 Å². The van der Waals surface area contributed by atoms with E-state index in [9.17, 15) is 9.59 Å². The number of ether oxygens (including phenoxy) is 1. The Morgan fingerprint density at radius 2 is 1.89 bits per heavy atom. The number of nitrogens with zero attached hydrogens (tertiary/aromatic N) is 2. The van der Waals surface area contributed by atoms with E-state index in [1.165, 1.54) is 0 Å². The molecule has 1 aliphatic heterocycles. The van der Waals surface area contributed by atoms with Gasteiger partial charge in [-0.1, -0.05) is 18.2 Å². The van der Waals surface area contributed by atoms with Gasteiger partial charge in [0, 0.05) is 37.9 Å². The molecule has 0 unspecified atom stereocenters. The Labute approximate surface area is 162 Å². The minimum atomic E-state index is 0.0502. The number of rotatable bonds is 9. The molecule has 1 aromatic rings. The molecule has 0 saturated carbocycles. The second kappa shape index (κ2) is 11.0. The summed E-state index contributed by atoms with van der Waals surface area (Å²) in [5, 5.41) is 2.98. The Kier molecular flexibility index (Phi) is 8.75. The molecule has 0 aromatic heterocycles. The van der Waals surface area contributed by atoms with Crippen LogP contribution < -0.4 is 10.2 Å². The number of para-hydroxylation sites is 1. The Morgan fingerprint density at radius 3 is 2.48 bits per heavy atom. The molecule has 1 aromatic carbocycles. The average Bonchev–Trinajstić information content (AvgIpc) is 2.66. The van der Waals surface area contributed by atoms with E-state index in [2.05, 4.69) is 10.2 Å². The topological polar surface area (TPSA) is 61.9 Å². The summed E-state index contributed by atoms with van der Waals surface area (Å²) in [5.74, 6) is 0.290. The molecule has 0 bridgehead atoms. The van der Waals surface area contributed by atoms with Crippen LogP contribution in [0.15, 0.2) is 30.3 Å². The second-order valence-corrected chi connectivity index (χ2v) is 7.38. The molecule has 2 rings (SSSR count). The summed E-state index contributed by atoms with van der Waals surface area (Å²) in [7, 11) is 1.66. The number of anilines is 1. The summed E-state index contributed by atoms with van der Waals surface area (Å²) in [6.07, 6.45) is 2.44. The molecule has 6 nitrogen and oxygen atoms in total. The molecule has 27 heavy (non-hydrogen) atoms. The van der Waals surface area contributed by atoms with Crippen LogP contribution in [0.25, 0.3) is 0 Å². The number of benzene rings is 1. The number of carbonyl (C=O) groups excluding carboxylic acids is 2. The summed E-state index contributed by atoms with van der Waals surface area (Å²) in [4.78, 5) is 29.1. The first-order valence-corrected chi connectivity index (χ1v) is 9.89.